The van der Waals surface area contributed by atoms with Crippen molar-refractivity contribution in [3.05, 3.63) is 53.6 Å². The summed E-state index contributed by atoms with van der Waals surface area (Å²) >= 11 is 6.34. The Morgan fingerprint density at radius 2 is 2.30 bits per heavy atom. The Kier molecular flexibility index (Phi) is 3.78. The molecule has 2 atom stereocenters. The predicted molar refractivity (Wildman–Crippen MR) is 76.5 cm³/mol. The van der Waals surface area contributed by atoms with Crippen molar-refractivity contribution in [2.75, 3.05) is 6.61 Å². The van der Waals surface area contributed by atoms with Crippen molar-refractivity contribution < 1.29 is 9.47 Å². The third-order valence-corrected chi connectivity index (χ3v) is 3.88. The van der Waals surface area contributed by atoms with E-state index in [1.54, 1.807) is 12.5 Å². The quantitative estimate of drug-likeness (QED) is 0.868. The van der Waals surface area contributed by atoms with Crippen molar-refractivity contribution in [3.8, 4) is 0 Å². The largest absolute Gasteiger partial charge is 0.342 e. The highest BCUT2D eigenvalue weighted by Gasteiger charge is 2.44. The molecule has 0 radical (unpaired) electrons. The molecule has 1 fully saturated rings. The number of rotatable bonds is 4. The van der Waals surface area contributed by atoms with Crippen LogP contribution in [0.3, 0.4) is 0 Å². The molecule has 0 bridgehead atoms. The van der Waals surface area contributed by atoms with E-state index in [1.165, 1.54) is 0 Å². The van der Waals surface area contributed by atoms with E-state index in [0.29, 0.717) is 18.2 Å². The van der Waals surface area contributed by atoms with Crippen molar-refractivity contribution in [1.82, 2.24) is 9.55 Å². The first kappa shape index (κ1) is 13.6. The molecule has 0 spiro atoms. The summed E-state index contributed by atoms with van der Waals surface area (Å²) in [6.45, 7) is 3.21. The van der Waals surface area contributed by atoms with Gasteiger partial charge in [0.25, 0.3) is 0 Å². The number of ether oxygens (including phenoxy) is 2. The van der Waals surface area contributed by atoms with E-state index in [9.17, 15) is 0 Å². The summed E-state index contributed by atoms with van der Waals surface area (Å²) in [6, 6.07) is 7.67. The third-order valence-electron chi connectivity index (χ3n) is 3.55. The summed E-state index contributed by atoms with van der Waals surface area (Å²) in [5, 5.41) is 0.657. The molecule has 0 aliphatic carbocycles. The lowest BCUT2D eigenvalue weighted by molar-refractivity contribution is -0.187. The molecule has 1 aromatic carbocycles. The van der Waals surface area contributed by atoms with Crippen LogP contribution < -0.4 is 0 Å². The first-order valence-corrected chi connectivity index (χ1v) is 7.14. The summed E-state index contributed by atoms with van der Waals surface area (Å²) in [4.78, 5) is 4.07. The second-order valence-corrected chi connectivity index (χ2v) is 5.33. The van der Waals surface area contributed by atoms with E-state index >= 15 is 0 Å². The maximum Gasteiger partial charge on any atom is 0.215 e. The smallest absolute Gasteiger partial charge is 0.215 e. The number of hydrogen-bond donors (Lipinski definition) is 0. The average Bonchev–Trinajstić information content (AvgIpc) is 3.10. The van der Waals surface area contributed by atoms with Crippen LogP contribution in [-0.2, 0) is 21.8 Å². The second-order valence-electron chi connectivity index (χ2n) is 4.93. The molecule has 20 heavy (non-hydrogen) atoms. The molecular weight excluding hydrogens is 276 g/mol. The zero-order valence-corrected chi connectivity index (χ0v) is 12.1. The molecule has 2 aromatic rings. The number of nitrogens with zero attached hydrogens (tertiary/aromatic N) is 2. The minimum Gasteiger partial charge on any atom is -0.342 e. The van der Waals surface area contributed by atoms with Gasteiger partial charge >= 0.3 is 0 Å². The monoisotopic (exact) mass is 292 g/mol. The fraction of sp³-hybridized carbons (Fsp3) is 0.400. The number of aromatic nitrogens is 2. The van der Waals surface area contributed by atoms with Crippen molar-refractivity contribution in [1.29, 1.82) is 0 Å². The van der Waals surface area contributed by atoms with E-state index in [4.69, 9.17) is 21.1 Å². The van der Waals surface area contributed by atoms with Gasteiger partial charge in [-0.2, -0.15) is 0 Å². The minimum atomic E-state index is -0.834. The molecule has 1 aliphatic rings. The third kappa shape index (κ3) is 2.46. The summed E-state index contributed by atoms with van der Waals surface area (Å²) in [7, 11) is 0. The Balaban J connectivity index is 1.98. The lowest BCUT2D eigenvalue weighted by atomic mass is 10.1. The molecule has 1 saturated heterocycles. The highest BCUT2D eigenvalue weighted by Crippen LogP contribution is 2.40. The van der Waals surface area contributed by atoms with Gasteiger partial charge in [-0.05, 0) is 12.5 Å². The van der Waals surface area contributed by atoms with E-state index in [1.807, 2.05) is 35.0 Å². The Morgan fingerprint density at radius 1 is 1.45 bits per heavy atom. The van der Waals surface area contributed by atoms with Gasteiger partial charge in [0.15, 0.2) is 0 Å². The minimum absolute atomic E-state index is 0.0924. The van der Waals surface area contributed by atoms with Gasteiger partial charge in [0.05, 0.1) is 25.6 Å². The highest BCUT2D eigenvalue weighted by molar-refractivity contribution is 6.31. The first-order valence-electron chi connectivity index (χ1n) is 6.76. The van der Waals surface area contributed by atoms with Crippen LogP contribution in [0.15, 0.2) is 43.0 Å². The van der Waals surface area contributed by atoms with Crippen LogP contribution in [0.2, 0.25) is 5.02 Å². The molecule has 0 saturated carbocycles. The normalized spacial score (nSPS) is 26.0. The molecule has 106 valence electrons. The number of halogens is 1. The van der Waals surface area contributed by atoms with Gasteiger partial charge < -0.3 is 14.0 Å². The van der Waals surface area contributed by atoms with Gasteiger partial charge in [-0.15, -0.1) is 0 Å². The highest BCUT2D eigenvalue weighted by atomic mass is 35.5. The first-order chi connectivity index (χ1) is 9.73. The molecule has 5 heteroatoms. The van der Waals surface area contributed by atoms with Crippen LogP contribution in [0.25, 0.3) is 0 Å². The Morgan fingerprint density at radius 3 is 2.95 bits per heavy atom. The van der Waals surface area contributed by atoms with Crippen LogP contribution in [-0.4, -0.2) is 22.3 Å². The zero-order valence-electron chi connectivity index (χ0n) is 11.3. The van der Waals surface area contributed by atoms with Gasteiger partial charge in [-0.1, -0.05) is 36.7 Å². The second kappa shape index (κ2) is 5.56. The standard InChI is InChI=1S/C15H17ClN2O2/c1-2-12-9-19-15(20-12,10-18-8-7-17-11-18)13-5-3-4-6-14(13)16/h3-8,11-12H,2,9-10H2,1H3. The van der Waals surface area contributed by atoms with Crippen LogP contribution in [0.4, 0.5) is 0 Å². The van der Waals surface area contributed by atoms with Gasteiger partial charge in [0, 0.05) is 23.0 Å². The summed E-state index contributed by atoms with van der Waals surface area (Å²) in [6.07, 6.45) is 6.40. The Bertz CT molecular complexity index is 573. The van der Waals surface area contributed by atoms with E-state index in [2.05, 4.69) is 11.9 Å². The van der Waals surface area contributed by atoms with Crippen LogP contribution in [0.5, 0.6) is 0 Å². The van der Waals surface area contributed by atoms with Gasteiger partial charge in [-0.3, -0.25) is 0 Å². The molecular formula is C15H17ClN2O2. The van der Waals surface area contributed by atoms with Crippen molar-refractivity contribution in [2.45, 2.75) is 31.8 Å². The van der Waals surface area contributed by atoms with Crippen LogP contribution >= 0.6 is 11.6 Å². The lowest BCUT2D eigenvalue weighted by Crippen LogP contribution is -2.33. The Labute approximate surface area is 123 Å². The number of imidazole rings is 1. The van der Waals surface area contributed by atoms with E-state index in [-0.39, 0.29) is 6.10 Å². The average molecular weight is 293 g/mol. The number of hydrogen-bond acceptors (Lipinski definition) is 3. The maximum absolute atomic E-state index is 6.34. The molecule has 0 amide bonds. The molecule has 2 heterocycles. The van der Waals surface area contributed by atoms with Gasteiger partial charge in [0.1, 0.15) is 0 Å². The molecule has 1 aliphatic heterocycles. The van der Waals surface area contributed by atoms with Crippen molar-refractivity contribution in [3.63, 3.8) is 0 Å². The maximum atomic E-state index is 6.34. The van der Waals surface area contributed by atoms with E-state index < -0.39 is 5.79 Å². The summed E-state index contributed by atoms with van der Waals surface area (Å²) in [5.41, 5.74) is 0.867. The SMILES string of the molecule is CCC1COC(Cn2ccnc2)(c2ccccc2Cl)O1. The predicted octanol–water partition coefficient (Wildman–Crippen LogP) is 3.21. The Hall–Kier alpha value is -1.36. The molecule has 0 N–H and O–H groups in total. The van der Waals surface area contributed by atoms with Crippen molar-refractivity contribution >= 4 is 11.6 Å². The fourth-order valence-corrected chi connectivity index (χ4v) is 2.75. The molecule has 4 nitrogen and oxygen atoms in total. The molecule has 3 rings (SSSR count). The lowest BCUT2D eigenvalue weighted by Gasteiger charge is -2.29. The topological polar surface area (TPSA) is 36.3 Å². The fourth-order valence-electron chi connectivity index (χ4n) is 2.47. The molecule has 1 aromatic heterocycles. The van der Waals surface area contributed by atoms with Crippen LogP contribution in [0.1, 0.15) is 18.9 Å². The van der Waals surface area contributed by atoms with Crippen molar-refractivity contribution in [2.24, 2.45) is 0 Å². The number of benzene rings is 1. The molecule has 2 unspecified atom stereocenters. The zero-order chi connectivity index (χ0) is 14.0. The van der Waals surface area contributed by atoms with Gasteiger partial charge in [0.2, 0.25) is 5.79 Å². The summed E-state index contributed by atoms with van der Waals surface area (Å²) < 4.78 is 14.2. The van der Waals surface area contributed by atoms with Gasteiger partial charge in [-0.25, -0.2) is 4.98 Å². The van der Waals surface area contributed by atoms with E-state index in [0.717, 1.165) is 12.0 Å². The van der Waals surface area contributed by atoms with Crippen LogP contribution in [0, 0.1) is 0 Å². The summed E-state index contributed by atoms with van der Waals surface area (Å²) in [5.74, 6) is -0.834.